The van der Waals surface area contributed by atoms with Crippen molar-refractivity contribution in [3.63, 3.8) is 0 Å². The summed E-state index contributed by atoms with van der Waals surface area (Å²) in [4.78, 5) is 0. The lowest BCUT2D eigenvalue weighted by Crippen LogP contribution is -2.35. The molecule has 78 valence electrons. The Labute approximate surface area is 79.7 Å². The lowest BCUT2D eigenvalue weighted by Gasteiger charge is -2.19. The standard InChI is InChI=1S/C10H20O3/c1-5(2)9-7(11)8(12)10(13-9)6(3)4/h5-12H,1-4H3/t7-,8-,9-,10+/m1/s1. The van der Waals surface area contributed by atoms with E-state index in [4.69, 9.17) is 4.74 Å². The van der Waals surface area contributed by atoms with E-state index >= 15 is 0 Å². The smallest absolute Gasteiger partial charge is 0.109 e. The van der Waals surface area contributed by atoms with Crippen LogP contribution in [0.3, 0.4) is 0 Å². The van der Waals surface area contributed by atoms with Crippen molar-refractivity contribution < 1.29 is 14.9 Å². The molecule has 0 aromatic heterocycles. The van der Waals surface area contributed by atoms with Gasteiger partial charge < -0.3 is 14.9 Å². The van der Waals surface area contributed by atoms with Gasteiger partial charge in [-0.05, 0) is 11.8 Å². The second-order valence-electron chi connectivity index (χ2n) is 4.53. The van der Waals surface area contributed by atoms with Gasteiger partial charge in [0.05, 0.1) is 12.2 Å². The molecular weight excluding hydrogens is 168 g/mol. The van der Waals surface area contributed by atoms with E-state index in [-0.39, 0.29) is 24.0 Å². The number of hydrogen-bond acceptors (Lipinski definition) is 3. The zero-order valence-electron chi connectivity index (χ0n) is 8.77. The topological polar surface area (TPSA) is 49.7 Å². The molecule has 1 heterocycles. The molecule has 0 spiro atoms. The van der Waals surface area contributed by atoms with Crippen LogP contribution in [0, 0.1) is 11.8 Å². The Kier molecular flexibility index (Phi) is 3.33. The quantitative estimate of drug-likeness (QED) is 0.673. The van der Waals surface area contributed by atoms with Crippen LogP contribution >= 0.6 is 0 Å². The first kappa shape index (κ1) is 11.0. The maximum Gasteiger partial charge on any atom is 0.109 e. The highest BCUT2D eigenvalue weighted by atomic mass is 16.5. The Morgan fingerprint density at radius 3 is 1.31 bits per heavy atom. The van der Waals surface area contributed by atoms with Crippen LogP contribution in [0.15, 0.2) is 0 Å². The minimum atomic E-state index is -0.729. The summed E-state index contributed by atoms with van der Waals surface area (Å²) in [5.74, 6) is 0.488. The van der Waals surface area contributed by atoms with Gasteiger partial charge in [0.15, 0.2) is 0 Å². The molecule has 0 aliphatic carbocycles. The molecule has 0 aromatic rings. The molecule has 0 amide bonds. The lowest BCUT2D eigenvalue weighted by molar-refractivity contribution is -0.0340. The number of aliphatic hydroxyl groups is 2. The minimum Gasteiger partial charge on any atom is -0.388 e. The average Bonchev–Trinajstić information content (AvgIpc) is 2.29. The predicted molar refractivity (Wildman–Crippen MR) is 50.4 cm³/mol. The van der Waals surface area contributed by atoms with Crippen molar-refractivity contribution in [3.8, 4) is 0 Å². The van der Waals surface area contributed by atoms with Crippen molar-refractivity contribution in [3.05, 3.63) is 0 Å². The van der Waals surface area contributed by atoms with E-state index < -0.39 is 12.2 Å². The Bertz CT molecular complexity index is 150. The van der Waals surface area contributed by atoms with Gasteiger partial charge in [0.2, 0.25) is 0 Å². The van der Waals surface area contributed by atoms with E-state index in [1.54, 1.807) is 0 Å². The molecule has 3 heteroatoms. The molecule has 1 fully saturated rings. The Hall–Kier alpha value is -0.120. The summed E-state index contributed by atoms with van der Waals surface area (Å²) >= 11 is 0. The van der Waals surface area contributed by atoms with Crippen molar-refractivity contribution in [1.29, 1.82) is 0 Å². The fraction of sp³-hybridized carbons (Fsp3) is 1.00. The highest BCUT2D eigenvalue weighted by molar-refractivity contribution is 4.92. The van der Waals surface area contributed by atoms with Crippen molar-refractivity contribution in [2.75, 3.05) is 0 Å². The minimum absolute atomic E-state index is 0.220. The second kappa shape index (κ2) is 3.95. The first-order valence-electron chi connectivity index (χ1n) is 4.96. The molecular formula is C10H20O3. The zero-order valence-corrected chi connectivity index (χ0v) is 8.77. The third-order valence-corrected chi connectivity index (χ3v) is 2.65. The summed E-state index contributed by atoms with van der Waals surface area (Å²) in [6.07, 6.45) is -1.90. The van der Waals surface area contributed by atoms with Gasteiger partial charge in [0, 0.05) is 0 Å². The Balaban J connectivity index is 2.66. The summed E-state index contributed by atoms with van der Waals surface area (Å²) in [6, 6.07) is 0. The molecule has 0 unspecified atom stereocenters. The van der Waals surface area contributed by atoms with Crippen LogP contribution in [0.1, 0.15) is 27.7 Å². The summed E-state index contributed by atoms with van der Waals surface area (Å²) in [5, 5.41) is 19.3. The molecule has 1 rings (SSSR count). The molecule has 3 nitrogen and oxygen atoms in total. The normalized spacial score (nSPS) is 40.6. The molecule has 0 saturated carbocycles. The van der Waals surface area contributed by atoms with E-state index in [0.717, 1.165) is 0 Å². The number of hydrogen-bond donors (Lipinski definition) is 2. The third kappa shape index (κ3) is 2.03. The van der Waals surface area contributed by atoms with Crippen LogP contribution in [-0.4, -0.2) is 34.6 Å². The molecule has 0 aromatic carbocycles. The molecule has 1 aliphatic heterocycles. The second-order valence-corrected chi connectivity index (χ2v) is 4.53. The molecule has 1 aliphatic rings. The van der Waals surface area contributed by atoms with Crippen molar-refractivity contribution in [2.24, 2.45) is 11.8 Å². The van der Waals surface area contributed by atoms with Crippen LogP contribution in [0.25, 0.3) is 0 Å². The lowest BCUT2D eigenvalue weighted by atomic mass is 9.96. The Morgan fingerprint density at radius 2 is 1.15 bits per heavy atom. The van der Waals surface area contributed by atoms with Crippen molar-refractivity contribution >= 4 is 0 Å². The van der Waals surface area contributed by atoms with Crippen LogP contribution in [0.4, 0.5) is 0 Å². The predicted octanol–water partition coefficient (Wildman–Crippen LogP) is 0.788. The first-order chi connectivity index (χ1) is 5.95. The highest BCUT2D eigenvalue weighted by Crippen LogP contribution is 2.30. The van der Waals surface area contributed by atoms with Crippen molar-refractivity contribution in [2.45, 2.75) is 52.1 Å². The van der Waals surface area contributed by atoms with E-state index in [0.29, 0.717) is 0 Å². The summed E-state index contributed by atoms with van der Waals surface area (Å²) in [7, 11) is 0. The third-order valence-electron chi connectivity index (χ3n) is 2.65. The van der Waals surface area contributed by atoms with Crippen LogP contribution in [0.5, 0.6) is 0 Å². The maximum absolute atomic E-state index is 9.67. The van der Waals surface area contributed by atoms with Crippen LogP contribution < -0.4 is 0 Å². The molecule has 0 bridgehead atoms. The fourth-order valence-electron chi connectivity index (χ4n) is 1.83. The number of rotatable bonds is 2. The largest absolute Gasteiger partial charge is 0.388 e. The number of ether oxygens (including phenoxy) is 1. The molecule has 2 N–H and O–H groups in total. The van der Waals surface area contributed by atoms with Crippen LogP contribution in [0.2, 0.25) is 0 Å². The monoisotopic (exact) mass is 188 g/mol. The first-order valence-corrected chi connectivity index (χ1v) is 4.96. The summed E-state index contributed by atoms with van der Waals surface area (Å²) in [5.41, 5.74) is 0. The van der Waals surface area contributed by atoms with Gasteiger partial charge in [0.1, 0.15) is 12.2 Å². The van der Waals surface area contributed by atoms with E-state index in [2.05, 4.69) is 0 Å². The van der Waals surface area contributed by atoms with Gasteiger partial charge in [0.25, 0.3) is 0 Å². The molecule has 13 heavy (non-hydrogen) atoms. The van der Waals surface area contributed by atoms with Crippen molar-refractivity contribution in [1.82, 2.24) is 0 Å². The van der Waals surface area contributed by atoms with E-state index in [1.807, 2.05) is 27.7 Å². The molecule has 4 atom stereocenters. The zero-order chi connectivity index (χ0) is 10.2. The number of aliphatic hydroxyl groups excluding tert-OH is 2. The van der Waals surface area contributed by atoms with E-state index in [1.165, 1.54) is 0 Å². The van der Waals surface area contributed by atoms with Crippen LogP contribution in [-0.2, 0) is 4.74 Å². The molecule has 1 saturated heterocycles. The molecule has 0 radical (unpaired) electrons. The van der Waals surface area contributed by atoms with Gasteiger partial charge in [-0.3, -0.25) is 0 Å². The average molecular weight is 188 g/mol. The van der Waals surface area contributed by atoms with E-state index in [9.17, 15) is 10.2 Å². The maximum atomic E-state index is 9.67. The van der Waals surface area contributed by atoms with Gasteiger partial charge in [-0.2, -0.15) is 0 Å². The van der Waals surface area contributed by atoms with Gasteiger partial charge in [-0.15, -0.1) is 0 Å². The fourth-order valence-corrected chi connectivity index (χ4v) is 1.83. The summed E-state index contributed by atoms with van der Waals surface area (Å²) < 4.78 is 5.61. The highest BCUT2D eigenvalue weighted by Gasteiger charge is 2.44. The van der Waals surface area contributed by atoms with Gasteiger partial charge >= 0.3 is 0 Å². The van der Waals surface area contributed by atoms with Gasteiger partial charge in [-0.1, -0.05) is 27.7 Å². The summed E-state index contributed by atoms with van der Waals surface area (Å²) in [6.45, 7) is 7.96. The van der Waals surface area contributed by atoms with Gasteiger partial charge in [-0.25, -0.2) is 0 Å². The SMILES string of the molecule is CC(C)[C@H]1O[C@@H](C(C)C)[C@H](O)[C@H]1O. The Morgan fingerprint density at radius 1 is 0.846 bits per heavy atom.